The van der Waals surface area contributed by atoms with Crippen LogP contribution in [0.3, 0.4) is 0 Å². The molecule has 6 heteroatoms. The van der Waals surface area contributed by atoms with Crippen LogP contribution >= 0.6 is 24.0 Å². The molecule has 0 aliphatic heterocycles. The maximum atomic E-state index is 5.28. The van der Waals surface area contributed by atoms with E-state index in [9.17, 15) is 0 Å². The van der Waals surface area contributed by atoms with Crippen LogP contribution in [-0.4, -0.2) is 15.5 Å². The van der Waals surface area contributed by atoms with E-state index < -0.39 is 0 Å². The van der Waals surface area contributed by atoms with Crippen molar-refractivity contribution in [2.45, 2.75) is 13.1 Å². The number of rotatable bonds is 4. The lowest BCUT2D eigenvalue weighted by Crippen LogP contribution is -2.22. The summed E-state index contributed by atoms with van der Waals surface area (Å²) in [7, 11) is 0. The molecule has 2 rings (SSSR count). The number of nitrogens with zero attached hydrogens (tertiary/aromatic N) is 3. The van der Waals surface area contributed by atoms with E-state index >= 15 is 0 Å². The van der Waals surface area contributed by atoms with Gasteiger partial charge in [0, 0.05) is 18.9 Å². The summed E-state index contributed by atoms with van der Waals surface area (Å²) in [6, 6.07) is 8.19. The molecule has 0 unspecified atom stereocenters. The summed E-state index contributed by atoms with van der Waals surface area (Å²) in [6.45, 7) is 1.34. The number of hydrogen-bond donors (Lipinski definition) is 2. The average molecular weight is 357 g/mol. The second-order valence-electron chi connectivity index (χ2n) is 3.79. The first kappa shape index (κ1) is 14.5. The van der Waals surface area contributed by atoms with Gasteiger partial charge in [-0.25, -0.2) is 9.98 Å². The Labute approximate surface area is 123 Å². The summed E-state index contributed by atoms with van der Waals surface area (Å²) < 4.78 is 2.02. The summed E-state index contributed by atoms with van der Waals surface area (Å²) in [5.74, 6) is 0.118. The van der Waals surface area contributed by atoms with Crippen molar-refractivity contribution >= 4 is 29.9 Å². The quantitative estimate of drug-likeness (QED) is 0.492. The van der Waals surface area contributed by atoms with E-state index in [-0.39, 0.29) is 29.9 Å². The Morgan fingerprint density at radius 1 is 1.17 bits per heavy atom. The first-order chi connectivity index (χ1) is 8.24. The van der Waals surface area contributed by atoms with Gasteiger partial charge in [-0.05, 0) is 11.1 Å². The lowest BCUT2D eigenvalue weighted by atomic mass is 10.1. The predicted molar refractivity (Wildman–Crippen MR) is 82.7 cm³/mol. The minimum absolute atomic E-state index is 0. The van der Waals surface area contributed by atoms with Crippen molar-refractivity contribution < 1.29 is 0 Å². The number of nitrogens with two attached hydrogens (primary N) is 2. The molecule has 1 heterocycles. The number of guanidine groups is 1. The molecule has 0 bridgehead atoms. The minimum atomic E-state index is 0. The highest BCUT2D eigenvalue weighted by Crippen LogP contribution is 2.07. The zero-order valence-corrected chi connectivity index (χ0v) is 12.2. The van der Waals surface area contributed by atoms with Gasteiger partial charge < -0.3 is 16.0 Å². The zero-order chi connectivity index (χ0) is 12.1. The summed E-state index contributed by atoms with van der Waals surface area (Å²) in [5.41, 5.74) is 12.9. The third-order valence-electron chi connectivity index (χ3n) is 2.39. The molecular weight excluding hydrogens is 341 g/mol. The standard InChI is InChI=1S/C12H15N5.HI/c13-12(14)16-7-10-1-3-11(4-2-10)8-17-6-5-15-9-17;/h1-6,9H,7-8H2,(H4,13,14,16);1H. The van der Waals surface area contributed by atoms with Gasteiger partial charge in [-0.2, -0.15) is 0 Å². The molecule has 0 saturated carbocycles. The zero-order valence-electron chi connectivity index (χ0n) is 9.86. The molecule has 0 aliphatic carbocycles. The minimum Gasteiger partial charge on any atom is -0.370 e. The summed E-state index contributed by atoms with van der Waals surface area (Å²) >= 11 is 0. The molecule has 0 spiro atoms. The molecular formula is C12H16IN5. The number of aliphatic imine (C=N–C) groups is 1. The molecule has 0 amide bonds. The van der Waals surface area contributed by atoms with Crippen LogP contribution in [0.5, 0.6) is 0 Å². The molecule has 0 aliphatic rings. The van der Waals surface area contributed by atoms with E-state index in [1.54, 1.807) is 12.5 Å². The fourth-order valence-corrected chi connectivity index (χ4v) is 1.52. The van der Waals surface area contributed by atoms with Gasteiger partial charge in [-0.3, -0.25) is 0 Å². The lowest BCUT2D eigenvalue weighted by molar-refractivity contribution is 0.796. The molecule has 0 radical (unpaired) electrons. The second-order valence-corrected chi connectivity index (χ2v) is 3.79. The number of halogens is 1. The van der Waals surface area contributed by atoms with Crippen molar-refractivity contribution in [1.29, 1.82) is 0 Å². The Hall–Kier alpha value is -1.57. The fourth-order valence-electron chi connectivity index (χ4n) is 1.52. The monoisotopic (exact) mass is 357 g/mol. The Bertz CT molecular complexity index is 486. The van der Waals surface area contributed by atoms with Crippen molar-refractivity contribution in [2.75, 3.05) is 0 Å². The van der Waals surface area contributed by atoms with Gasteiger partial charge in [-0.15, -0.1) is 24.0 Å². The predicted octanol–water partition coefficient (Wildman–Crippen LogP) is 1.32. The Morgan fingerprint density at radius 3 is 2.39 bits per heavy atom. The third kappa shape index (κ3) is 4.36. The van der Waals surface area contributed by atoms with Crippen LogP contribution in [0.4, 0.5) is 0 Å². The molecule has 1 aromatic carbocycles. The molecule has 1 aromatic heterocycles. The highest BCUT2D eigenvalue weighted by molar-refractivity contribution is 14.0. The highest BCUT2D eigenvalue weighted by Gasteiger charge is 1.96. The van der Waals surface area contributed by atoms with E-state index in [1.807, 2.05) is 22.9 Å². The van der Waals surface area contributed by atoms with Crippen LogP contribution in [-0.2, 0) is 13.1 Å². The molecule has 96 valence electrons. The molecule has 4 N–H and O–H groups in total. The summed E-state index contributed by atoms with van der Waals surface area (Å²) in [4.78, 5) is 7.96. The van der Waals surface area contributed by atoms with Gasteiger partial charge in [0.15, 0.2) is 5.96 Å². The summed E-state index contributed by atoms with van der Waals surface area (Å²) in [5, 5.41) is 0. The van der Waals surface area contributed by atoms with Gasteiger partial charge in [0.25, 0.3) is 0 Å². The van der Waals surface area contributed by atoms with Gasteiger partial charge in [-0.1, -0.05) is 24.3 Å². The van der Waals surface area contributed by atoms with E-state index in [4.69, 9.17) is 11.5 Å². The molecule has 18 heavy (non-hydrogen) atoms. The first-order valence-electron chi connectivity index (χ1n) is 5.33. The summed E-state index contributed by atoms with van der Waals surface area (Å²) in [6.07, 6.45) is 5.51. The van der Waals surface area contributed by atoms with Crippen molar-refractivity contribution in [2.24, 2.45) is 16.5 Å². The molecule has 0 fully saturated rings. The number of hydrogen-bond acceptors (Lipinski definition) is 2. The maximum absolute atomic E-state index is 5.28. The van der Waals surface area contributed by atoms with Gasteiger partial charge in [0.2, 0.25) is 0 Å². The van der Waals surface area contributed by atoms with Crippen LogP contribution < -0.4 is 11.5 Å². The van der Waals surface area contributed by atoms with Crippen molar-refractivity contribution in [1.82, 2.24) is 9.55 Å². The van der Waals surface area contributed by atoms with Crippen LogP contribution in [0.15, 0.2) is 48.0 Å². The number of aromatic nitrogens is 2. The van der Waals surface area contributed by atoms with Crippen molar-refractivity contribution in [3.63, 3.8) is 0 Å². The van der Waals surface area contributed by atoms with Crippen LogP contribution in [0.1, 0.15) is 11.1 Å². The van der Waals surface area contributed by atoms with E-state index in [2.05, 4.69) is 22.1 Å². The highest BCUT2D eigenvalue weighted by atomic mass is 127. The normalized spacial score (nSPS) is 9.56. The smallest absolute Gasteiger partial charge is 0.186 e. The number of imidazole rings is 1. The Kier molecular flexibility index (Phi) is 5.63. The second kappa shape index (κ2) is 7.00. The van der Waals surface area contributed by atoms with Crippen molar-refractivity contribution in [3.8, 4) is 0 Å². The topological polar surface area (TPSA) is 82.2 Å². The van der Waals surface area contributed by atoms with E-state index in [0.29, 0.717) is 6.54 Å². The van der Waals surface area contributed by atoms with Crippen LogP contribution in [0.2, 0.25) is 0 Å². The van der Waals surface area contributed by atoms with Crippen LogP contribution in [0.25, 0.3) is 0 Å². The molecule has 2 aromatic rings. The Morgan fingerprint density at radius 2 is 1.83 bits per heavy atom. The van der Waals surface area contributed by atoms with Crippen LogP contribution in [0, 0.1) is 0 Å². The number of benzene rings is 1. The van der Waals surface area contributed by atoms with Gasteiger partial charge in [0.05, 0.1) is 12.9 Å². The third-order valence-corrected chi connectivity index (χ3v) is 2.39. The maximum Gasteiger partial charge on any atom is 0.186 e. The largest absolute Gasteiger partial charge is 0.370 e. The van der Waals surface area contributed by atoms with Gasteiger partial charge in [0.1, 0.15) is 0 Å². The average Bonchev–Trinajstić information content (AvgIpc) is 2.81. The van der Waals surface area contributed by atoms with E-state index in [1.165, 1.54) is 5.56 Å². The molecule has 0 saturated heterocycles. The van der Waals surface area contributed by atoms with Crippen molar-refractivity contribution in [3.05, 3.63) is 54.1 Å². The SMILES string of the molecule is I.NC(N)=NCc1ccc(Cn2ccnc2)cc1. The lowest BCUT2D eigenvalue weighted by Gasteiger charge is -2.03. The first-order valence-corrected chi connectivity index (χ1v) is 5.33. The fraction of sp³-hybridized carbons (Fsp3) is 0.167. The molecule has 0 atom stereocenters. The van der Waals surface area contributed by atoms with Gasteiger partial charge >= 0.3 is 0 Å². The van der Waals surface area contributed by atoms with E-state index in [0.717, 1.165) is 12.1 Å². The Balaban J connectivity index is 0.00000162. The molecule has 5 nitrogen and oxygen atoms in total.